The molecule has 0 spiro atoms. The van der Waals surface area contributed by atoms with Crippen LogP contribution in [0.25, 0.3) is 0 Å². The molecular weight excluding hydrogens is 304 g/mol. The van der Waals surface area contributed by atoms with E-state index in [4.69, 9.17) is 4.74 Å². The molecule has 0 bridgehead atoms. The number of carbonyl (C=O) groups is 2. The molecule has 1 fully saturated rings. The number of hydrogen-bond acceptors (Lipinski definition) is 3. The fourth-order valence-corrected chi connectivity index (χ4v) is 2.60. The Balaban J connectivity index is 1.71. The summed E-state index contributed by atoms with van der Waals surface area (Å²) in [7, 11) is 1.56. The van der Waals surface area contributed by atoms with Gasteiger partial charge in [-0.15, -0.1) is 0 Å². The first kappa shape index (κ1) is 16.1. The van der Waals surface area contributed by atoms with Crippen LogP contribution in [0.15, 0.2) is 48.5 Å². The Morgan fingerprint density at radius 1 is 1.08 bits per heavy atom. The lowest BCUT2D eigenvalue weighted by molar-refractivity contribution is -0.117. The molecule has 5 heteroatoms. The predicted octanol–water partition coefficient (Wildman–Crippen LogP) is 3.54. The molecule has 1 aliphatic rings. The Bertz CT molecular complexity index is 773. The maximum atomic E-state index is 12.4. The Kier molecular flexibility index (Phi) is 4.51. The molecule has 24 heavy (non-hydrogen) atoms. The molecule has 0 aromatic heterocycles. The van der Waals surface area contributed by atoms with E-state index in [1.54, 1.807) is 43.5 Å². The standard InChI is InChI=1S/C19H20N2O3/c1-12-10-15(12)19(23)20-14-7-5-6-13(11-14)18(22)21-16-8-3-4-9-17(16)24-2/h3-9,11-12,15H,10H2,1-2H3,(H,20,23)(H,21,22). The van der Waals surface area contributed by atoms with Gasteiger partial charge in [-0.05, 0) is 42.7 Å². The van der Waals surface area contributed by atoms with E-state index in [0.29, 0.717) is 28.6 Å². The third-order valence-corrected chi connectivity index (χ3v) is 4.19. The van der Waals surface area contributed by atoms with Crippen LogP contribution in [0.3, 0.4) is 0 Å². The number of methoxy groups -OCH3 is 1. The Morgan fingerprint density at radius 3 is 2.54 bits per heavy atom. The molecule has 2 N–H and O–H groups in total. The van der Waals surface area contributed by atoms with Crippen molar-refractivity contribution in [2.75, 3.05) is 17.7 Å². The maximum absolute atomic E-state index is 12.4. The third-order valence-electron chi connectivity index (χ3n) is 4.19. The van der Waals surface area contributed by atoms with Crippen LogP contribution in [0.5, 0.6) is 5.75 Å². The van der Waals surface area contributed by atoms with E-state index in [-0.39, 0.29) is 17.7 Å². The summed E-state index contributed by atoms with van der Waals surface area (Å²) in [6, 6.07) is 14.1. The van der Waals surface area contributed by atoms with Crippen molar-refractivity contribution >= 4 is 23.2 Å². The van der Waals surface area contributed by atoms with Gasteiger partial charge in [0.05, 0.1) is 12.8 Å². The van der Waals surface area contributed by atoms with Gasteiger partial charge in [0.2, 0.25) is 5.91 Å². The highest BCUT2D eigenvalue weighted by atomic mass is 16.5. The number of rotatable bonds is 5. The van der Waals surface area contributed by atoms with Gasteiger partial charge in [-0.1, -0.05) is 25.1 Å². The molecule has 2 aromatic rings. The van der Waals surface area contributed by atoms with Gasteiger partial charge in [-0.25, -0.2) is 0 Å². The number of amides is 2. The highest BCUT2D eigenvalue weighted by Gasteiger charge is 2.39. The van der Waals surface area contributed by atoms with Gasteiger partial charge < -0.3 is 15.4 Å². The minimum absolute atomic E-state index is 0.0183. The number of hydrogen-bond donors (Lipinski definition) is 2. The van der Waals surface area contributed by atoms with Crippen molar-refractivity contribution in [1.82, 2.24) is 0 Å². The molecular formula is C19H20N2O3. The van der Waals surface area contributed by atoms with Crippen LogP contribution in [0.2, 0.25) is 0 Å². The van der Waals surface area contributed by atoms with Crippen LogP contribution in [0, 0.1) is 11.8 Å². The van der Waals surface area contributed by atoms with Gasteiger partial charge in [0, 0.05) is 17.2 Å². The Hall–Kier alpha value is -2.82. The van der Waals surface area contributed by atoms with Crippen molar-refractivity contribution in [2.24, 2.45) is 11.8 Å². The monoisotopic (exact) mass is 324 g/mol. The molecule has 2 amide bonds. The maximum Gasteiger partial charge on any atom is 0.255 e. The van der Waals surface area contributed by atoms with Crippen molar-refractivity contribution in [3.8, 4) is 5.75 Å². The lowest BCUT2D eigenvalue weighted by atomic mass is 10.1. The van der Waals surface area contributed by atoms with Crippen LogP contribution in [-0.2, 0) is 4.79 Å². The molecule has 124 valence electrons. The minimum atomic E-state index is -0.254. The summed E-state index contributed by atoms with van der Waals surface area (Å²) in [5.41, 5.74) is 1.71. The molecule has 0 heterocycles. The number of carbonyl (C=O) groups excluding carboxylic acids is 2. The first-order valence-electron chi connectivity index (χ1n) is 7.94. The van der Waals surface area contributed by atoms with Gasteiger partial charge in [-0.2, -0.15) is 0 Å². The molecule has 0 aliphatic heterocycles. The average Bonchev–Trinajstić information content (AvgIpc) is 3.32. The third kappa shape index (κ3) is 3.56. The van der Waals surface area contributed by atoms with Crippen molar-refractivity contribution < 1.29 is 14.3 Å². The number of nitrogens with one attached hydrogen (secondary N) is 2. The van der Waals surface area contributed by atoms with E-state index in [9.17, 15) is 9.59 Å². The molecule has 2 aromatic carbocycles. The first-order valence-corrected chi connectivity index (χ1v) is 7.94. The fourth-order valence-electron chi connectivity index (χ4n) is 2.60. The minimum Gasteiger partial charge on any atom is -0.495 e. The van der Waals surface area contributed by atoms with E-state index in [1.165, 1.54) is 0 Å². The SMILES string of the molecule is COc1ccccc1NC(=O)c1cccc(NC(=O)C2CC2C)c1. The topological polar surface area (TPSA) is 67.4 Å². The molecule has 5 nitrogen and oxygen atoms in total. The average molecular weight is 324 g/mol. The molecule has 2 unspecified atom stereocenters. The summed E-state index contributed by atoms with van der Waals surface area (Å²) >= 11 is 0. The van der Waals surface area contributed by atoms with E-state index < -0.39 is 0 Å². The number of benzene rings is 2. The normalized spacial score (nSPS) is 18.6. The van der Waals surface area contributed by atoms with E-state index >= 15 is 0 Å². The zero-order valence-corrected chi connectivity index (χ0v) is 13.7. The van der Waals surface area contributed by atoms with Crippen LogP contribution in [0.1, 0.15) is 23.7 Å². The summed E-state index contributed by atoms with van der Waals surface area (Å²) < 4.78 is 5.23. The lowest BCUT2D eigenvalue weighted by Gasteiger charge is -2.11. The summed E-state index contributed by atoms with van der Waals surface area (Å²) in [5, 5.41) is 5.70. The van der Waals surface area contributed by atoms with Gasteiger partial charge in [0.1, 0.15) is 5.75 Å². The first-order chi connectivity index (χ1) is 11.6. The summed E-state index contributed by atoms with van der Waals surface area (Å²) in [6.45, 7) is 2.06. The van der Waals surface area contributed by atoms with Crippen molar-refractivity contribution in [3.05, 3.63) is 54.1 Å². The van der Waals surface area contributed by atoms with Gasteiger partial charge >= 0.3 is 0 Å². The Morgan fingerprint density at radius 2 is 1.83 bits per heavy atom. The second-order valence-electron chi connectivity index (χ2n) is 6.04. The lowest BCUT2D eigenvalue weighted by Crippen LogP contribution is -2.16. The second kappa shape index (κ2) is 6.74. The van der Waals surface area contributed by atoms with E-state index in [1.807, 2.05) is 12.1 Å². The van der Waals surface area contributed by atoms with Crippen molar-refractivity contribution in [2.45, 2.75) is 13.3 Å². The molecule has 3 rings (SSSR count). The zero-order chi connectivity index (χ0) is 17.1. The van der Waals surface area contributed by atoms with Crippen LogP contribution in [-0.4, -0.2) is 18.9 Å². The van der Waals surface area contributed by atoms with Crippen molar-refractivity contribution in [3.63, 3.8) is 0 Å². The molecule has 1 saturated carbocycles. The smallest absolute Gasteiger partial charge is 0.255 e. The largest absolute Gasteiger partial charge is 0.495 e. The summed E-state index contributed by atoms with van der Waals surface area (Å²) in [6.07, 6.45) is 0.930. The second-order valence-corrected chi connectivity index (χ2v) is 6.04. The van der Waals surface area contributed by atoms with E-state index in [2.05, 4.69) is 17.6 Å². The highest BCUT2D eigenvalue weighted by molar-refractivity contribution is 6.06. The van der Waals surface area contributed by atoms with Crippen molar-refractivity contribution in [1.29, 1.82) is 0 Å². The summed E-state index contributed by atoms with van der Waals surface area (Å²) in [5.74, 6) is 0.899. The predicted molar refractivity (Wildman–Crippen MR) is 93.3 cm³/mol. The van der Waals surface area contributed by atoms with Gasteiger partial charge in [0.15, 0.2) is 0 Å². The zero-order valence-electron chi connectivity index (χ0n) is 13.7. The van der Waals surface area contributed by atoms with Crippen LogP contribution in [0.4, 0.5) is 11.4 Å². The van der Waals surface area contributed by atoms with E-state index in [0.717, 1.165) is 6.42 Å². The van der Waals surface area contributed by atoms with Crippen LogP contribution >= 0.6 is 0 Å². The quantitative estimate of drug-likeness (QED) is 0.884. The molecule has 0 saturated heterocycles. The molecule has 0 radical (unpaired) electrons. The number of ether oxygens (including phenoxy) is 1. The van der Waals surface area contributed by atoms with Gasteiger partial charge in [-0.3, -0.25) is 9.59 Å². The highest BCUT2D eigenvalue weighted by Crippen LogP contribution is 2.38. The summed E-state index contributed by atoms with van der Waals surface area (Å²) in [4.78, 5) is 24.5. The Labute approximate surface area is 141 Å². The number of para-hydroxylation sites is 2. The molecule has 2 atom stereocenters. The van der Waals surface area contributed by atoms with Gasteiger partial charge in [0.25, 0.3) is 5.91 Å². The number of anilines is 2. The molecule has 1 aliphatic carbocycles. The van der Waals surface area contributed by atoms with Crippen LogP contribution < -0.4 is 15.4 Å². The fraction of sp³-hybridized carbons (Fsp3) is 0.263.